The van der Waals surface area contributed by atoms with E-state index in [1.807, 2.05) is 36.4 Å². The summed E-state index contributed by atoms with van der Waals surface area (Å²) in [4.78, 5) is 17.0. The molecule has 0 radical (unpaired) electrons. The first-order valence-electron chi connectivity index (χ1n) is 7.51. The number of oxime groups is 1. The highest BCUT2D eigenvalue weighted by Crippen LogP contribution is 2.36. The minimum atomic E-state index is -0.105. The van der Waals surface area contributed by atoms with E-state index in [0.29, 0.717) is 6.04 Å². The molecule has 0 bridgehead atoms. The van der Waals surface area contributed by atoms with Crippen molar-refractivity contribution in [1.82, 2.24) is 5.32 Å². The lowest BCUT2D eigenvalue weighted by Crippen LogP contribution is -2.28. The third-order valence-electron chi connectivity index (χ3n) is 3.95. The zero-order valence-electron chi connectivity index (χ0n) is 12.1. The van der Waals surface area contributed by atoms with Crippen LogP contribution in [0.1, 0.15) is 24.0 Å². The highest BCUT2D eigenvalue weighted by Gasteiger charge is 2.25. The molecule has 0 aromatic heterocycles. The molecule has 1 N–H and O–H groups in total. The minimum Gasteiger partial charge on any atom is -0.385 e. The summed E-state index contributed by atoms with van der Waals surface area (Å²) in [5.74, 6) is -0.105. The number of benzene rings is 2. The molecule has 0 atom stereocenters. The Bertz CT molecular complexity index is 716. The average molecular weight is 292 g/mol. The Kier molecular flexibility index (Phi) is 3.15. The minimum absolute atomic E-state index is 0.0374. The van der Waals surface area contributed by atoms with Crippen LogP contribution in [0.3, 0.4) is 0 Å². The molecule has 0 unspecified atom stereocenters. The van der Waals surface area contributed by atoms with Crippen LogP contribution in [-0.2, 0) is 9.63 Å². The first kappa shape index (κ1) is 13.1. The number of nitrogens with one attached hydrogen (secondary N) is 1. The summed E-state index contributed by atoms with van der Waals surface area (Å²) in [6, 6.07) is 16.6. The number of fused-ring (bicyclic) bond motifs is 3. The van der Waals surface area contributed by atoms with E-state index in [0.717, 1.165) is 40.8 Å². The summed E-state index contributed by atoms with van der Waals surface area (Å²) in [5, 5.41) is 7.11. The molecular formula is C18H16N2O2. The summed E-state index contributed by atoms with van der Waals surface area (Å²) < 4.78 is 0. The van der Waals surface area contributed by atoms with Crippen LogP contribution in [0.5, 0.6) is 0 Å². The molecule has 2 aliphatic rings. The number of amides is 1. The molecule has 4 nitrogen and oxygen atoms in total. The summed E-state index contributed by atoms with van der Waals surface area (Å²) in [7, 11) is 0. The van der Waals surface area contributed by atoms with Crippen molar-refractivity contribution in [3.05, 3.63) is 59.7 Å². The van der Waals surface area contributed by atoms with Gasteiger partial charge in [-0.25, -0.2) is 0 Å². The lowest BCUT2D eigenvalue weighted by molar-refractivity contribution is -0.125. The highest BCUT2D eigenvalue weighted by molar-refractivity contribution is 6.24. The van der Waals surface area contributed by atoms with Crippen LogP contribution in [0.15, 0.2) is 53.7 Å². The maximum Gasteiger partial charge on any atom is 0.260 e. The molecule has 2 aromatic rings. The molecule has 0 aliphatic heterocycles. The Hall–Kier alpha value is -2.62. The molecule has 0 heterocycles. The maximum absolute atomic E-state index is 11.7. The second-order valence-corrected chi connectivity index (χ2v) is 5.65. The Balaban J connectivity index is 1.57. The van der Waals surface area contributed by atoms with Gasteiger partial charge in [0.25, 0.3) is 5.91 Å². The number of hydrogen-bond donors (Lipinski definition) is 1. The van der Waals surface area contributed by atoms with Crippen LogP contribution >= 0.6 is 0 Å². The fourth-order valence-electron chi connectivity index (χ4n) is 2.74. The molecule has 1 fully saturated rings. The van der Waals surface area contributed by atoms with Crippen molar-refractivity contribution in [2.24, 2.45) is 5.16 Å². The molecule has 4 rings (SSSR count). The van der Waals surface area contributed by atoms with Gasteiger partial charge in [-0.1, -0.05) is 53.7 Å². The summed E-state index contributed by atoms with van der Waals surface area (Å²) >= 11 is 0. The molecule has 2 aromatic carbocycles. The predicted molar refractivity (Wildman–Crippen MR) is 84.6 cm³/mol. The van der Waals surface area contributed by atoms with Crippen LogP contribution in [0.2, 0.25) is 0 Å². The predicted octanol–water partition coefficient (Wildman–Crippen LogP) is 2.71. The van der Waals surface area contributed by atoms with Crippen LogP contribution in [-0.4, -0.2) is 24.3 Å². The van der Waals surface area contributed by atoms with E-state index >= 15 is 0 Å². The maximum atomic E-state index is 11.7. The second kappa shape index (κ2) is 5.30. The van der Waals surface area contributed by atoms with Gasteiger partial charge in [0.2, 0.25) is 0 Å². The largest absolute Gasteiger partial charge is 0.385 e. The van der Waals surface area contributed by atoms with E-state index in [4.69, 9.17) is 4.84 Å². The number of carbonyl (C=O) groups excluding carboxylic acids is 1. The summed E-state index contributed by atoms with van der Waals surface area (Å²) in [5.41, 5.74) is 5.20. The van der Waals surface area contributed by atoms with Crippen molar-refractivity contribution in [1.29, 1.82) is 0 Å². The van der Waals surface area contributed by atoms with E-state index in [1.54, 1.807) is 0 Å². The monoisotopic (exact) mass is 292 g/mol. The van der Waals surface area contributed by atoms with E-state index in [-0.39, 0.29) is 12.5 Å². The lowest BCUT2D eigenvalue weighted by atomic mass is 10.1. The van der Waals surface area contributed by atoms with Crippen molar-refractivity contribution in [2.75, 3.05) is 6.61 Å². The van der Waals surface area contributed by atoms with Crippen molar-refractivity contribution in [2.45, 2.75) is 18.9 Å². The Labute approximate surface area is 128 Å². The Morgan fingerprint density at radius 2 is 1.55 bits per heavy atom. The van der Waals surface area contributed by atoms with Crippen LogP contribution in [0, 0.1) is 0 Å². The topological polar surface area (TPSA) is 50.7 Å². The second-order valence-electron chi connectivity index (χ2n) is 5.65. The molecule has 1 amide bonds. The fourth-order valence-corrected chi connectivity index (χ4v) is 2.74. The molecule has 0 saturated heterocycles. The molecule has 0 spiro atoms. The quantitative estimate of drug-likeness (QED) is 0.752. The number of nitrogens with zero attached hydrogens (tertiary/aromatic N) is 1. The zero-order valence-corrected chi connectivity index (χ0v) is 12.1. The average Bonchev–Trinajstić information content (AvgIpc) is 3.30. The SMILES string of the molecule is O=C(CON=C1c2ccccc2-c2ccccc21)NC1CC1. The standard InChI is InChI=1S/C18H16N2O2/c21-17(19-12-9-10-12)11-22-20-18-15-7-3-1-5-13(15)14-6-2-4-8-16(14)18/h1-8,12H,9-11H2,(H,19,21). The lowest BCUT2D eigenvalue weighted by Gasteiger charge is -2.04. The zero-order chi connectivity index (χ0) is 14.9. The van der Waals surface area contributed by atoms with Gasteiger partial charge in [-0.2, -0.15) is 0 Å². The van der Waals surface area contributed by atoms with Gasteiger partial charge in [0.05, 0.1) is 0 Å². The van der Waals surface area contributed by atoms with E-state index < -0.39 is 0 Å². The number of carbonyl (C=O) groups is 1. The number of hydrogen-bond acceptors (Lipinski definition) is 3. The van der Waals surface area contributed by atoms with Gasteiger partial charge in [0, 0.05) is 17.2 Å². The van der Waals surface area contributed by atoms with Crippen molar-refractivity contribution >= 4 is 11.6 Å². The fraction of sp³-hybridized carbons (Fsp3) is 0.222. The van der Waals surface area contributed by atoms with E-state index in [2.05, 4.69) is 22.6 Å². The molecular weight excluding hydrogens is 276 g/mol. The van der Waals surface area contributed by atoms with Crippen LogP contribution in [0.4, 0.5) is 0 Å². The molecule has 110 valence electrons. The number of rotatable bonds is 4. The first-order valence-corrected chi connectivity index (χ1v) is 7.51. The van der Waals surface area contributed by atoms with Crippen LogP contribution < -0.4 is 5.32 Å². The van der Waals surface area contributed by atoms with Gasteiger partial charge in [0.1, 0.15) is 5.71 Å². The summed E-state index contributed by atoms with van der Waals surface area (Å²) in [6.07, 6.45) is 2.14. The third kappa shape index (κ3) is 2.37. The van der Waals surface area contributed by atoms with Gasteiger partial charge < -0.3 is 10.2 Å². The molecule has 1 saturated carbocycles. The highest BCUT2D eigenvalue weighted by atomic mass is 16.6. The van der Waals surface area contributed by atoms with Gasteiger partial charge in [-0.05, 0) is 24.0 Å². The molecule has 4 heteroatoms. The van der Waals surface area contributed by atoms with Crippen molar-refractivity contribution < 1.29 is 9.63 Å². The van der Waals surface area contributed by atoms with Gasteiger partial charge >= 0.3 is 0 Å². The van der Waals surface area contributed by atoms with Gasteiger partial charge in [-0.15, -0.1) is 0 Å². The van der Waals surface area contributed by atoms with Gasteiger partial charge in [0.15, 0.2) is 6.61 Å². The first-order chi connectivity index (χ1) is 10.8. The Morgan fingerprint density at radius 3 is 2.09 bits per heavy atom. The van der Waals surface area contributed by atoms with Gasteiger partial charge in [-0.3, -0.25) is 4.79 Å². The van der Waals surface area contributed by atoms with Crippen LogP contribution in [0.25, 0.3) is 11.1 Å². The normalized spacial score (nSPS) is 15.0. The summed E-state index contributed by atoms with van der Waals surface area (Å²) in [6.45, 7) is -0.0374. The third-order valence-corrected chi connectivity index (χ3v) is 3.95. The smallest absolute Gasteiger partial charge is 0.260 e. The van der Waals surface area contributed by atoms with E-state index in [9.17, 15) is 4.79 Å². The Morgan fingerprint density at radius 1 is 1.00 bits per heavy atom. The molecule has 2 aliphatic carbocycles. The van der Waals surface area contributed by atoms with Crippen molar-refractivity contribution in [3.63, 3.8) is 0 Å². The van der Waals surface area contributed by atoms with E-state index in [1.165, 1.54) is 0 Å². The molecule has 22 heavy (non-hydrogen) atoms. The van der Waals surface area contributed by atoms with Crippen molar-refractivity contribution in [3.8, 4) is 11.1 Å².